The van der Waals surface area contributed by atoms with E-state index in [1.807, 2.05) is 30.9 Å². The van der Waals surface area contributed by atoms with Crippen molar-refractivity contribution in [1.82, 2.24) is 19.7 Å². The SMILES string of the molecule is CC(C)c1c(C(=O)N2CCN(c3ccncc3)CC2)cnn1-c1ccc(F)cc1. The van der Waals surface area contributed by atoms with E-state index in [0.29, 0.717) is 18.7 Å². The Hall–Kier alpha value is -3.22. The Kier molecular flexibility index (Phi) is 5.29. The van der Waals surface area contributed by atoms with Gasteiger partial charge >= 0.3 is 0 Å². The summed E-state index contributed by atoms with van der Waals surface area (Å²) in [6.07, 6.45) is 5.20. The average Bonchev–Trinajstić information content (AvgIpc) is 3.20. The van der Waals surface area contributed by atoms with Crippen LogP contribution in [0.25, 0.3) is 5.69 Å². The zero-order valence-electron chi connectivity index (χ0n) is 16.6. The molecular formula is C22H24FN5O. The second kappa shape index (κ2) is 8.03. The first-order valence-electron chi connectivity index (χ1n) is 9.82. The van der Waals surface area contributed by atoms with Crippen LogP contribution in [0, 0.1) is 5.82 Å². The summed E-state index contributed by atoms with van der Waals surface area (Å²) in [6, 6.07) is 10.1. The van der Waals surface area contributed by atoms with Crippen molar-refractivity contribution in [2.24, 2.45) is 0 Å². The van der Waals surface area contributed by atoms with E-state index in [9.17, 15) is 9.18 Å². The van der Waals surface area contributed by atoms with Crippen molar-refractivity contribution in [3.05, 3.63) is 72.1 Å². The summed E-state index contributed by atoms with van der Waals surface area (Å²) in [5, 5.41) is 4.45. The Labute approximate surface area is 169 Å². The number of aromatic nitrogens is 3. The highest BCUT2D eigenvalue weighted by Crippen LogP contribution is 2.25. The zero-order chi connectivity index (χ0) is 20.4. The van der Waals surface area contributed by atoms with Crippen LogP contribution in [0.2, 0.25) is 0 Å². The van der Waals surface area contributed by atoms with Gasteiger partial charge in [0.15, 0.2) is 0 Å². The topological polar surface area (TPSA) is 54.3 Å². The molecule has 1 aliphatic heterocycles. The molecular weight excluding hydrogens is 369 g/mol. The fourth-order valence-corrected chi connectivity index (χ4v) is 3.76. The molecule has 0 saturated carbocycles. The zero-order valence-corrected chi connectivity index (χ0v) is 16.6. The molecule has 0 spiro atoms. The number of carbonyl (C=O) groups excluding carboxylic acids is 1. The Morgan fingerprint density at radius 1 is 0.966 bits per heavy atom. The van der Waals surface area contributed by atoms with Crippen molar-refractivity contribution < 1.29 is 9.18 Å². The lowest BCUT2D eigenvalue weighted by Gasteiger charge is -2.36. The molecule has 1 aromatic carbocycles. The molecule has 0 N–H and O–H groups in total. The predicted molar refractivity (Wildman–Crippen MR) is 110 cm³/mol. The first-order valence-corrected chi connectivity index (χ1v) is 9.82. The van der Waals surface area contributed by atoms with E-state index in [-0.39, 0.29) is 17.6 Å². The normalized spacial score (nSPS) is 14.5. The molecule has 2 aromatic heterocycles. The molecule has 150 valence electrons. The van der Waals surface area contributed by atoms with Gasteiger partial charge in [-0.15, -0.1) is 0 Å². The highest BCUT2D eigenvalue weighted by atomic mass is 19.1. The number of anilines is 1. The number of amides is 1. The van der Waals surface area contributed by atoms with E-state index in [0.717, 1.165) is 30.2 Å². The van der Waals surface area contributed by atoms with Crippen LogP contribution in [0.5, 0.6) is 0 Å². The van der Waals surface area contributed by atoms with Crippen LogP contribution in [0.15, 0.2) is 55.0 Å². The Morgan fingerprint density at radius 2 is 1.62 bits per heavy atom. The van der Waals surface area contributed by atoms with Gasteiger partial charge < -0.3 is 9.80 Å². The van der Waals surface area contributed by atoms with E-state index in [2.05, 4.69) is 15.0 Å². The molecule has 0 bridgehead atoms. The number of nitrogens with zero attached hydrogens (tertiary/aromatic N) is 5. The Bertz CT molecular complexity index is 976. The second-order valence-electron chi connectivity index (χ2n) is 7.47. The van der Waals surface area contributed by atoms with Crippen molar-refractivity contribution in [3.8, 4) is 5.69 Å². The highest BCUT2D eigenvalue weighted by molar-refractivity contribution is 5.95. The molecule has 1 amide bonds. The van der Waals surface area contributed by atoms with Gasteiger partial charge in [-0.2, -0.15) is 5.10 Å². The molecule has 3 aromatic rings. The number of rotatable bonds is 4. The van der Waals surface area contributed by atoms with E-state index in [1.54, 1.807) is 35.4 Å². The van der Waals surface area contributed by atoms with Crippen LogP contribution >= 0.6 is 0 Å². The molecule has 0 aliphatic carbocycles. The number of pyridine rings is 1. The molecule has 29 heavy (non-hydrogen) atoms. The second-order valence-corrected chi connectivity index (χ2v) is 7.47. The number of hydrogen-bond donors (Lipinski definition) is 0. The van der Waals surface area contributed by atoms with Crippen LogP contribution in [0.4, 0.5) is 10.1 Å². The van der Waals surface area contributed by atoms with E-state index in [4.69, 9.17) is 0 Å². The molecule has 1 aliphatic rings. The van der Waals surface area contributed by atoms with Gasteiger partial charge in [-0.25, -0.2) is 9.07 Å². The summed E-state index contributed by atoms with van der Waals surface area (Å²) in [5.74, 6) is -0.202. The third kappa shape index (κ3) is 3.85. The fourth-order valence-electron chi connectivity index (χ4n) is 3.76. The first-order chi connectivity index (χ1) is 14.0. The Morgan fingerprint density at radius 3 is 2.24 bits per heavy atom. The monoisotopic (exact) mass is 393 g/mol. The summed E-state index contributed by atoms with van der Waals surface area (Å²) in [7, 11) is 0. The lowest BCUT2D eigenvalue weighted by molar-refractivity contribution is 0.0745. The number of hydrogen-bond acceptors (Lipinski definition) is 4. The minimum absolute atomic E-state index is 0.00330. The maximum atomic E-state index is 13.3. The van der Waals surface area contributed by atoms with Crippen molar-refractivity contribution in [3.63, 3.8) is 0 Å². The largest absolute Gasteiger partial charge is 0.368 e. The van der Waals surface area contributed by atoms with Crippen molar-refractivity contribution in [2.45, 2.75) is 19.8 Å². The minimum atomic E-state index is -0.296. The lowest BCUT2D eigenvalue weighted by atomic mass is 10.0. The van der Waals surface area contributed by atoms with Crippen molar-refractivity contribution in [1.29, 1.82) is 0 Å². The maximum absolute atomic E-state index is 13.3. The number of benzene rings is 1. The summed E-state index contributed by atoms with van der Waals surface area (Å²) in [6.45, 7) is 6.93. The third-order valence-electron chi connectivity index (χ3n) is 5.25. The van der Waals surface area contributed by atoms with E-state index >= 15 is 0 Å². The Balaban J connectivity index is 1.54. The smallest absolute Gasteiger partial charge is 0.257 e. The molecule has 4 rings (SSSR count). The van der Waals surface area contributed by atoms with E-state index in [1.165, 1.54) is 12.1 Å². The van der Waals surface area contributed by atoms with Gasteiger partial charge in [0.2, 0.25) is 0 Å². The highest BCUT2D eigenvalue weighted by Gasteiger charge is 2.27. The number of carbonyl (C=O) groups is 1. The van der Waals surface area contributed by atoms with Crippen molar-refractivity contribution in [2.75, 3.05) is 31.1 Å². The molecule has 3 heterocycles. The summed E-state index contributed by atoms with van der Waals surface area (Å²) >= 11 is 0. The van der Waals surface area contributed by atoms with Gasteiger partial charge in [-0.3, -0.25) is 9.78 Å². The van der Waals surface area contributed by atoms with Gasteiger partial charge in [0.05, 0.1) is 23.1 Å². The quantitative estimate of drug-likeness (QED) is 0.681. The standard InChI is InChI=1S/C22H24FN5O/c1-16(2)21-20(15-25-28(21)19-5-3-17(23)4-6-19)22(29)27-13-11-26(12-14-27)18-7-9-24-10-8-18/h3-10,15-16H,11-14H2,1-2H3. The van der Waals surface area contributed by atoms with Gasteiger partial charge in [0.1, 0.15) is 5.82 Å². The lowest BCUT2D eigenvalue weighted by Crippen LogP contribution is -2.49. The molecule has 1 fully saturated rings. The van der Waals surface area contributed by atoms with Crippen LogP contribution in [0.1, 0.15) is 35.8 Å². The van der Waals surface area contributed by atoms with Gasteiger partial charge in [0, 0.05) is 44.3 Å². The molecule has 1 saturated heterocycles. The van der Waals surface area contributed by atoms with Gasteiger partial charge in [-0.1, -0.05) is 13.8 Å². The van der Waals surface area contributed by atoms with Crippen LogP contribution < -0.4 is 4.90 Å². The van der Waals surface area contributed by atoms with Crippen LogP contribution in [0.3, 0.4) is 0 Å². The van der Waals surface area contributed by atoms with Crippen LogP contribution in [-0.2, 0) is 0 Å². The third-order valence-corrected chi connectivity index (χ3v) is 5.25. The number of halogens is 1. The minimum Gasteiger partial charge on any atom is -0.368 e. The molecule has 6 nitrogen and oxygen atoms in total. The molecule has 0 atom stereocenters. The first kappa shape index (κ1) is 19.1. The maximum Gasteiger partial charge on any atom is 0.257 e. The molecule has 0 radical (unpaired) electrons. The van der Waals surface area contributed by atoms with Gasteiger partial charge in [-0.05, 0) is 42.3 Å². The van der Waals surface area contributed by atoms with E-state index < -0.39 is 0 Å². The predicted octanol–water partition coefficient (Wildman–Crippen LogP) is 3.49. The average molecular weight is 393 g/mol. The van der Waals surface area contributed by atoms with Gasteiger partial charge in [0.25, 0.3) is 5.91 Å². The number of piperazine rings is 1. The molecule has 0 unspecified atom stereocenters. The van der Waals surface area contributed by atoms with Crippen LogP contribution in [-0.4, -0.2) is 51.8 Å². The summed E-state index contributed by atoms with van der Waals surface area (Å²) in [4.78, 5) is 21.5. The van der Waals surface area contributed by atoms with Crippen molar-refractivity contribution >= 4 is 11.6 Å². The fraction of sp³-hybridized carbons (Fsp3) is 0.318. The summed E-state index contributed by atoms with van der Waals surface area (Å²) < 4.78 is 15.0. The summed E-state index contributed by atoms with van der Waals surface area (Å²) in [5.41, 5.74) is 3.33. The molecule has 7 heteroatoms.